The summed E-state index contributed by atoms with van der Waals surface area (Å²) in [5.74, 6) is 1.68. The second-order valence-electron chi connectivity index (χ2n) is 4.54. The molecular weight excluding hydrogens is 242 g/mol. The maximum atomic E-state index is 5.15. The van der Waals surface area contributed by atoms with E-state index in [0.717, 1.165) is 11.6 Å². The third-order valence-electron chi connectivity index (χ3n) is 3.16. The van der Waals surface area contributed by atoms with Gasteiger partial charge in [0.2, 0.25) is 0 Å². The first-order chi connectivity index (χ1) is 9.11. The zero-order chi connectivity index (χ0) is 13.8. The lowest BCUT2D eigenvalue weighted by atomic mass is 10.1. The molecule has 1 aromatic heterocycles. The minimum atomic E-state index is 0.0806. The maximum absolute atomic E-state index is 5.15. The van der Waals surface area contributed by atoms with Crippen LogP contribution in [0, 0.1) is 0 Å². The fraction of sp³-hybridized carbons (Fsp3) is 0.462. The highest BCUT2D eigenvalue weighted by atomic mass is 16.5. The molecule has 0 spiro atoms. The smallest absolute Gasteiger partial charge is 0.167 e. The summed E-state index contributed by atoms with van der Waals surface area (Å²) in [4.78, 5) is 0. The lowest BCUT2D eigenvalue weighted by Gasteiger charge is -2.19. The van der Waals surface area contributed by atoms with E-state index in [9.17, 15) is 0 Å². The molecule has 19 heavy (non-hydrogen) atoms. The number of nitrogens with zero attached hydrogens (tertiary/aromatic N) is 4. The van der Waals surface area contributed by atoms with Gasteiger partial charge in [0.05, 0.1) is 13.2 Å². The number of hydrogen-bond donors (Lipinski definition) is 1. The number of benzene rings is 1. The molecule has 1 N–H and O–H groups in total. The van der Waals surface area contributed by atoms with Gasteiger partial charge in [-0.2, -0.15) is 0 Å². The van der Waals surface area contributed by atoms with Gasteiger partial charge in [-0.05, 0) is 42.0 Å². The summed E-state index contributed by atoms with van der Waals surface area (Å²) in [7, 11) is 3.51. The monoisotopic (exact) mass is 261 g/mol. The molecule has 0 saturated carbocycles. The Labute approximate surface area is 112 Å². The molecule has 1 aromatic carbocycles. The Balaban J connectivity index is 2.04. The van der Waals surface area contributed by atoms with Crippen LogP contribution in [0.1, 0.15) is 37.3 Å². The Morgan fingerprint density at radius 1 is 1.16 bits per heavy atom. The van der Waals surface area contributed by atoms with Crippen molar-refractivity contribution in [2.75, 3.05) is 7.11 Å². The standard InChI is InChI=1S/C13H19N5O/c1-9(11-5-7-12(19-4)8-6-11)14-10(2)13-15-16-17-18(13)3/h5-10,14H,1-4H3/t9-,10+/m0/s1. The Morgan fingerprint density at radius 3 is 2.37 bits per heavy atom. The molecular formula is C13H19N5O. The van der Waals surface area contributed by atoms with E-state index in [0.29, 0.717) is 0 Å². The molecule has 0 aliphatic carbocycles. The number of tetrazole rings is 1. The summed E-state index contributed by atoms with van der Waals surface area (Å²) < 4.78 is 6.83. The van der Waals surface area contributed by atoms with Crippen LogP contribution in [0.3, 0.4) is 0 Å². The number of methoxy groups -OCH3 is 1. The molecule has 2 atom stereocenters. The van der Waals surface area contributed by atoms with E-state index in [-0.39, 0.29) is 12.1 Å². The molecule has 0 aliphatic rings. The quantitative estimate of drug-likeness (QED) is 0.886. The summed E-state index contributed by atoms with van der Waals surface area (Å²) in [6.45, 7) is 4.16. The molecule has 0 bridgehead atoms. The van der Waals surface area contributed by atoms with Gasteiger partial charge in [0.1, 0.15) is 5.75 Å². The van der Waals surface area contributed by atoms with E-state index in [1.165, 1.54) is 5.56 Å². The first-order valence-corrected chi connectivity index (χ1v) is 6.24. The van der Waals surface area contributed by atoms with Gasteiger partial charge in [-0.1, -0.05) is 12.1 Å². The molecule has 0 radical (unpaired) electrons. The van der Waals surface area contributed by atoms with Gasteiger partial charge in [0, 0.05) is 13.1 Å². The summed E-state index contributed by atoms with van der Waals surface area (Å²) in [6, 6.07) is 8.31. The number of nitrogens with one attached hydrogen (secondary N) is 1. The molecule has 0 fully saturated rings. The van der Waals surface area contributed by atoms with Gasteiger partial charge >= 0.3 is 0 Å². The van der Waals surface area contributed by atoms with Crippen molar-refractivity contribution in [2.24, 2.45) is 7.05 Å². The van der Waals surface area contributed by atoms with E-state index in [1.807, 2.05) is 26.1 Å². The lowest BCUT2D eigenvalue weighted by Crippen LogP contribution is -2.24. The number of hydrogen-bond acceptors (Lipinski definition) is 5. The van der Waals surface area contributed by atoms with E-state index < -0.39 is 0 Å². The lowest BCUT2D eigenvalue weighted by molar-refractivity contribution is 0.414. The summed E-state index contributed by atoms with van der Waals surface area (Å²) in [5, 5.41) is 15.0. The summed E-state index contributed by atoms with van der Waals surface area (Å²) in [5.41, 5.74) is 1.20. The van der Waals surface area contributed by atoms with E-state index in [4.69, 9.17) is 4.74 Å². The first kappa shape index (κ1) is 13.5. The summed E-state index contributed by atoms with van der Waals surface area (Å²) >= 11 is 0. The van der Waals surface area contributed by atoms with Gasteiger partial charge in [-0.3, -0.25) is 0 Å². The Morgan fingerprint density at radius 2 is 1.84 bits per heavy atom. The number of ether oxygens (including phenoxy) is 1. The van der Waals surface area contributed by atoms with Crippen LogP contribution in [0.25, 0.3) is 0 Å². The van der Waals surface area contributed by atoms with Crippen LogP contribution in [0.5, 0.6) is 5.75 Å². The molecule has 2 rings (SSSR count). The van der Waals surface area contributed by atoms with Crippen LogP contribution in [0.4, 0.5) is 0 Å². The molecule has 1 heterocycles. The summed E-state index contributed by atoms with van der Waals surface area (Å²) in [6.07, 6.45) is 0. The van der Waals surface area contributed by atoms with Crippen molar-refractivity contribution in [3.8, 4) is 5.75 Å². The van der Waals surface area contributed by atoms with Crippen molar-refractivity contribution in [2.45, 2.75) is 25.9 Å². The van der Waals surface area contributed by atoms with Crippen molar-refractivity contribution < 1.29 is 4.74 Å². The van der Waals surface area contributed by atoms with E-state index in [1.54, 1.807) is 11.8 Å². The molecule has 0 amide bonds. The first-order valence-electron chi connectivity index (χ1n) is 6.24. The Hall–Kier alpha value is -1.95. The predicted octanol–water partition coefficient (Wildman–Crippen LogP) is 1.63. The van der Waals surface area contributed by atoms with Gasteiger partial charge in [0.25, 0.3) is 0 Å². The third kappa shape index (κ3) is 3.08. The van der Waals surface area contributed by atoms with Gasteiger partial charge in [-0.15, -0.1) is 5.10 Å². The van der Waals surface area contributed by atoms with E-state index in [2.05, 4.69) is 39.9 Å². The van der Waals surface area contributed by atoms with Crippen LogP contribution in [0.2, 0.25) is 0 Å². The van der Waals surface area contributed by atoms with Gasteiger partial charge in [0.15, 0.2) is 5.82 Å². The number of rotatable bonds is 5. The van der Waals surface area contributed by atoms with Crippen LogP contribution in [-0.4, -0.2) is 27.3 Å². The zero-order valence-electron chi connectivity index (χ0n) is 11.7. The molecule has 6 nitrogen and oxygen atoms in total. The largest absolute Gasteiger partial charge is 0.497 e. The van der Waals surface area contributed by atoms with E-state index >= 15 is 0 Å². The molecule has 6 heteroatoms. The second-order valence-corrected chi connectivity index (χ2v) is 4.54. The topological polar surface area (TPSA) is 64.9 Å². The Kier molecular flexibility index (Phi) is 4.11. The number of aryl methyl sites for hydroxylation is 1. The molecule has 0 unspecified atom stereocenters. The van der Waals surface area contributed by atoms with Crippen molar-refractivity contribution >= 4 is 0 Å². The van der Waals surface area contributed by atoms with Gasteiger partial charge in [-0.25, -0.2) is 4.68 Å². The van der Waals surface area contributed by atoms with Crippen molar-refractivity contribution in [3.05, 3.63) is 35.7 Å². The fourth-order valence-corrected chi connectivity index (χ4v) is 2.04. The normalized spacial score (nSPS) is 14.1. The van der Waals surface area contributed by atoms with Crippen LogP contribution in [0.15, 0.2) is 24.3 Å². The molecule has 0 aliphatic heterocycles. The zero-order valence-corrected chi connectivity index (χ0v) is 11.7. The average molecular weight is 261 g/mol. The highest BCUT2D eigenvalue weighted by molar-refractivity contribution is 5.28. The highest BCUT2D eigenvalue weighted by Gasteiger charge is 2.15. The Bertz CT molecular complexity index is 522. The molecule has 0 saturated heterocycles. The van der Waals surface area contributed by atoms with Crippen LogP contribution < -0.4 is 10.1 Å². The SMILES string of the molecule is COc1ccc([C@H](C)N[C@H](C)c2nnnn2C)cc1. The molecule has 102 valence electrons. The highest BCUT2D eigenvalue weighted by Crippen LogP contribution is 2.20. The van der Waals surface area contributed by atoms with Crippen LogP contribution in [-0.2, 0) is 7.05 Å². The maximum Gasteiger partial charge on any atom is 0.167 e. The van der Waals surface area contributed by atoms with Crippen LogP contribution >= 0.6 is 0 Å². The van der Waals surface area contributed by atoms with Gasteiger partial charge < -0.3 is 10.1 Å². The predicted molar refractivity (Wildman–Crippen MR) is 71.8 cm³/mol. The fourth-order valence-electron chi connectivity index (χ4n) is 2.04. The van der Waals surface area contributed by atoms with Crippen molar-refractivity contribution in [1.82, 2.24) is 25.5 Å². The van der Waals surface area contributed by atoms with Crippen molar-refractivity contribution in [1.29, 1.82) is 0 Å². The minimum Gasteiger partial charge on any atom is -0.497 e. The second kappa shape index (κ2) is 5.79. The number of aromatic nitrogens is 4. The average Bonchev–Trinajstić information content (AvgIpc) is 2.85. The minimum absolute atomic E-state index is 0.0806. The van der Waals surface area contributed by atoms with Crippen molar-refractivity contribution in [3.63, 3.8) is 0 Å². The molecule has 2 aromatic rings. The third-order valence-corrected chi connectivity index (χ3v) is 3.16.